The van der Waals surface area contributed by atoms with Gasteiger partial charge in [0.2, 0.25) is 0 Å². The summed E-state index contributed by atoms with van der Waals surface area (Å²) in [6.07, 6.45) is 5.59. The van der Waals surface area contributed by atoms with Gasteiger partial charge in [0.05, 0.1) is 0 Å². The summed E-state index contributed by atoms with van der Waals surface area (Å²) in [5, 5.41) is 0. The van der Waals surface area contributed by atoms with Crippen molar-refractivity contribution >= 4 is 0 Å². The van der Waals surface area contributed by atoms with Gasteiger partial charge in [0.25, 0.3) is 0 Å². The predicted octanol–water partition coefficient (Wildman–Crippen LogP) is 2.65. The van der Waals surface area contributed by atoms with Crippen molar-refractivity contribution in [3.05, 3.63) is 23.5 Å². The van der Waals surface area contributed by atoms with Gasteiger partial charge in [-0.05, 0) is 32.4 Å². The smallest absolute Gasteiger partial charge is 0.118 e. The zero-order valence-electron chi connectivity index (χ0n) is 6.85. The first-order valence-electron chi connectivity index (χ1n) is 3.76. The standard InChI is InChI=1S/C9H14O/c1-4-8-6-7(3)10-9(8)5-2/h4-5,7H,6H2,1-3H3/b8-4-,9-5+. The summed E-state index contributed by atoms with van der Waals surface area (Å²) in [7, 11) is 0. The largest absolute Gasteiger partial charge is 0.490 e. The first kappa shape index (κ1) is 7.39. The van der Waals surface area contributed by atoms with E-state index in [1.54, 1.807) is 0 Å². The Kier molecular flexibility index (Phi) is 2.15. The second-order valence-corrected chi connectivity index (χ2v) is 2.60. The highest BCUT2D eigenvalue weighted by molar-refractivity contribution is 5.29. The van der Waals surface area contributed by atoms with Crippen LogP contribution in [0.2, 0.25) is 0 Å². The van der Waals surface area contributed by atoms with Crippen LogP contribution in [0.5, 0.6) is 0 Å². The molecule has 0 aliphatic carbocycles. The Hall–Kier alpha value is -0.720. The summed E-state index contributed by atoms with van der Waals surface area (Å²) in [6, 6.07) is 0. The lowest BCUT2D eigenvalue weighted by Crippen LogP contribution is -1.94. The van der Waals surface area contributed by atoms with Crippen molar-refractivity contribution in [2.75, 3.05) is 0 Å². The van der Waals surface area contributed by atoms with Gasteiger partial charge >= 0.3 is 0 Å². The maximum atomic E-state index is 5.51. The quantitative estimate of drug-likeness (QED) is 0.500. The second-order valence-electron chi connectivity index (χ2n) is 2.60. The molecule has 0 bridgehead atoms. The number of hydrogen-bond donors (Lipinski definition) is 0. The van der Waals surface area contributed by atoms with Crippen LogP contribution in [0.4, 0.5) is 0 Å². The Morgan fingerprint density at radius 2 is 2.10 bits per heavy atom. The van der Waals surface area contributed by atoms with Gasteiger partial charge in [-0.2, -0.15) is 0 Å². The van der Waals surface area contributed by atoms with E-state index in [9.17, 15) is 0 Å². The second kappa shape index (κ2) is 2.91. The van der Waals surface area contributed by atoms with Crippen molar-refractivity contribution in [3.63, 3.8) is 0 Å². The van der Waals surface area contributed by atoms with Gasteiger partial charge in [-0.25, -0.2) is 0 Å². The Morgan fingerprint density at radius 1 is 1.40 bits per heavy atom. The van der Waals surface area contributed by atoms with E-state index in [0.29, 0.717) is 6.10 Å². The van der Waals surface area contributed by atoms with Crippen LogP contribution in [0, 0.1) is 0 Å². The third-order valence-electron chi connectivity index (χ3n) is 1.76. The van der Waals surface area contributed by atoms with Gasteiger partial charge in [0, 0.05) is 6.42 Å². The van der Waals surface area contributed by atoms with Crippen molar-refractivity contribution in [1.82, 2.24) is 0 Å². The Balaban J connectivity index is 2.77. The molecule has 1 nitrogen and oxygen atoms in total. The minimum Gasteiger partial charge on any atom is -0.490 e. The average molecular weight is 138 g/mol. The third-order valence-corrected chi connectivity index (χ3v) is 1.76. The zero-order valence-corrected chi connectivity index (χ0v) is 6.85. The third kappa shape index (κ3) is 1.23. The summed E-state index contributed by atoms with van der Waals surface area (Å²) in [5.41, 5.74) is 1.34. The Labute approximate surface area is 62.4 Å². The van der Waals surface area contributed by atoms with E-state index < -0.39 is 0 Å². The number of hydrogen-bond acceptors (Lipinski definition) is 1. The van der Waals surface area contributed by atoms with Crippen LogP contribution in [0.15, 0.2) is 23.5 Å². The molecule has 0 radical (unpaired) electrons. The lowest BCUT2D eigenvalue weighted by atomic mass is 10.1. The molecular formula is C9H14O. The molecule has 1 unspecified atom stereocenters. The molecule has 0 saturated carbocycles. The highest BCUT2D eigenvalue weighted by atomic mass is 16.5. The fourth-order valence-electron chi connectivity index (χ4n) is 1.26. The van der Waals surface area contributed by atoms with Crippen LogP contribution in [-0.4, -0.2) is 6.10 Å². The van der Waals surface area contributed by atoms with Gasteiger partial charge < -0.3 is 4.74 Å². The van der Waals surface area contributed by atoms with E-state index in [-0.39, 0.29) is 0 Å². The lowest BCUT2D eigenvalue weighted by molar-refractivity contribution is 0.178. The molecule has 0 aromatic rings. The fourth-order valence-corrected chi connectivity index (χ4v) is 1.26. The first-order valence-corrected chi connectivity index (χ1v) is 3.76. The van der Waals surface area contributed by atoms with Crippen LogP contribution < -0.4 is 0 Å². The predicted molar refractivity (Wildman–Crippen MR) is 42.7 cm³/mol. The van der Waals surface area contributed by atoms with Crippen molar-refractivity contribution in [2.24, 2.45) is 0 Å². The molecule has 0 amide bonds. The minimum atomic E-state index is 0.373. The normalized spacial score (nSPS) is 33.3. The van der Waals surface area contributed by atoms with Gasteiger partial charge in [0.15, 0.2) is 0 Å². The van der Waals surface area contributed by atoms with E-state index in [4.69, 9.17) is 4.74 Å². The molecule has 0 aromatic heterocycles. The number of allylic oxidation sites excluding steroid dienone is 3. The van der Waals surface area contributed by atoms with Crippen molar-refractivity contribution in [3.8, 4) is 0 Å². The topological polar surface area (TPSA) is 9.23 Å². The molecule has 0 spiro atoms. The maximum Gasteiger partial charge on any atom is 0.118 e. The maximum absolute atomic E-state index is 5.51. The van der Waals surface area contributed by atoms with E-state index in [1.165, 1.54) is 5.57 Å². The Morgan fingerprint density at radius 3 is 2.50 bits per heavy atom. The van der Waals surface area contributed by atoms with Crippen LogP contribution in [0.25, 0.3) is 0 Å². The molecule has 10 heavy (non-hydrogen) atoms. The van der Waals surface area contributed by atoms with E-state index in [1.807, 2.05) is 13.0 Å². The van der Waals surface area contributed by atoms with Crippen LogP contribution in [0.3, 0.4) is 0 Å². The lowest BCUT2D eigenvalue weighted by Gasteiger charge is -2.00. The molecule has 1 fully saturated rings. The molecule has 1 aliphatic heterocycles. The van der Waals surface area contributed by atoms with Gasteiger partial charge in [0.1, 0.15) is 11.9 Å². The van der Waals surface area contributed by atoms with Gasteiger partial charge in [-0.15, -0.1) is 0 Å². The molecule has 1 saturated heterocycles. The number of ether oxygens (including phenoxy) is 1. The molecule has 1 rings (SSSR count). The minimum absolute atomic E-state index is 0.373. The fraction of sp³-hybridized carbons (Fsp3) is 0.556. The van der Waals surface area contributed by atoms with Gasteiger partial charge in [-0.1, -0.05) is 6.08 Å². The Bertz CT molecular complexity index is 157. The zero-order chi connectivity index (χ0) is 7.56. The SMILES string of the molecule is C/C=C1/CC(C)O/C1=C/C. The summed E-state index contributed by atoms with van der Waals surface area (Å²) in [5.74, 6) is 1.06. The summed E-state index contributed by atoms with van der Waals surface area (Å²) >= 11 is 0. The molecule has 1 aliphatic rings. The number of rotatable bonds is 0. The molecule has 0 N–H and O–H groups in total. The molecule has 0 aromatic carbocycles. The van der Waals surface area contributed by atoms with Gasteiger partial charge in [-0.3, -0.25) is 0 Å². The molecule has 56 valence electrons. The van der Waals surface area contributed by atoms with Crippen molar-refractivity contribution < 1.29 is 4.74 Å². The summed E-state index contributed by atoms with van der Waals surface area (Å²) < 4.78 is 5.51. The highest BCUT2D eigenvalue weighted by Crippen LogP contribution is 2.28. The first-order chi connectivity index (χ1) is 4.77. The van der Waals surface area contributed by atoms with E-state index in [0.717, 1.165) is 12.2 Å². The van der Waals surface area contributed by atoms with Crippen molar-refractivity contribution in [1.29, 1.82) is 0 Å². The highest BCUT2D eigenvalue weighted by Gasteiger charge is 2.19. The monoisotopic (exact) mass is 138 g/mol. The molecule has 1 heteroatoms. The molecule has 1 heterocycles. The molecular weight excluding hydrogens is 124 g/mol. The van der Waals surface area contributed by atoms with Crippen molar-refractivity contribution in [2.45, 2.75) is 33.3 Å². The average Bonchev–Trinajstić information content (AvgIpc) is 2.30. The molecule has 1 atom stereocenters. The summed E-state index contributed by atoms with van der Waals surface area (Å²) in [4.78, 5) is 0. The van der Waals surface area contributed by atoms with Crippen LogP contribution in [-0.2, 0) is 4.74 Å². The van der Waals surface area contributed by atoms with E-state index in [2.05, 4.69) is 19.9 Å². The van der Waals surface area contributed by atoms with E-state index >= 15 is 0 Å². The van der Waals surface area contributed by atoms with Crippen LogP contribution in [0.1, 0.15) is 27.2 Å². The van der Waals surface area contributed by atoms with Crippen LogP contribution >= 0.6 is 0 Å². The summed E-state index contributed by atoms with van der Waals surface area (Å²) in [6.45, 7) is 6.16.